The molecular weight excluding hydrogens is 660 g/mol. The lowest BCUT2D eigenvalue weighted by molar-refractivity contribution is -0.118. The van der Waals surface area contributed by atoms with Crippen LogP contribution in [0.2, 0.25) is 0 Å². The van der Waals surface area contributed by atoms with Crippen LogP contribution < -0.4 is 22.1 Å². The van der Waals surface area contributed by atoms with Gasteiger partial charge in [0.05, 0.1) is 71.0 Å². The van der Waals surface area contributed by atoms with Gasteiger partial charge >= 0.3 is 0 Å². The number of hydrogen-bond donors (Lipinski definition) is 4. The Labute approximate surface area is 297 Å². The molecule has 2 saturated carbocycles. The Kier molecular flexibility index (Phi) is 8.43. The summed E-state index contributed by atoms with van der Waals surface area (Å²) in [5.74, 6) is 2.15. The van der Waals surface area contributed by atoms with E-state index in [9.17, 15) is 9.59 Å². The standard InChI is InChI=1S/2C18H17N7O/c2*1-9-21-8-15(25(9)2)14-4-10-5-16(22-7-13(10)17(20)23-14)24-18(26)12-3-11(12)6-19/h2*4-5,7-8,11-12H,3H2,1-2H3,(H2,20,23)(H,22,24,26)/t2*11-,12+/m10/s1. The molecular formula is C36H34N14O2. The number of nitrogens with one attached hydrogen (secondary N) is 2. The molecule has 52 heavy (non-hydrogen) atoms. The van der Waals surface area contributed by atoms with Gasteiger partial charge in [-0.1, -0.05) is 0 Å². The van der Waals surface area contributed by atoms with Crippen LogP contribution in [-0.4, -0.2) is 50.9 Å². The maximum Gasteiger partial charge on any atom is 0.230 e. The van der Waals surface area contributed by atoms with E-state index in [4.69, 9.17) is 22.0 Å². The number of nitriles is 2. The minimum Gasteiger partial charge on any atom is -0.383 e. The van der Waals surface area contributed by atoms with Crippen LogP contribution in [0.25, 0.3) is 44.3 Å². The van der Waals surface area contributed by atoms with Gasteiger partial charge in [-0.15, -0.1) is 0 Å². The highest BCUT2D eigenvalue weighted by Crippen LogP contribution is 2.39. The largest absolute Gasteiger partial charge is 0.383 e. The molecule has 6 N–H and O–H groups in total. The highest BCUT2D eigenvalue weighted by molar-refractivity contribution is 5.99. The Morgan fingerprint density at radius 3 is 1.42 bits per heavy atom. The number of carbonyl (C=O) groups excluding carboxylic acids is 2. The maximum atomic E-state index is 12.1. The molecule has 6 aromatic rings. The summed E-state index contributed by atoms with van der Waals surface area (Å²) in [6.45, 7) is 3.83. The molecule has 6 heterocycles. The molecule has 0 radical (unpaired) electrons. The third-order valence-corrected chi connectivity index (χ3v) is 9.54. The van der Waals surface area contributed by atoms with E-state index in [1.165, 1.54) is 0 Å². The van der Waals surface area contributed by atoms with Crippen molar-refractivity contribution in [3.63, 3.8) is 0 Å². The van der Waals surface area contributed by atoms with Gasteiger partial charge in [-0.25, -0.2) is 29.9 Å². The van der Waals surface area contributed by atoms with Gasteiger partial charge in [-0.05, 0) is 61.7 Å². The molecule has 2 aliphatic rings. The highest BCUT2D eigenvalue weighted by atomic mass is 16.2. The van der Waals surface area contributed by atoms with E-state index in [0.717, 1.165) is 33.8 Å². The fourth-order valence-electron chi connectivity index (χ4n) is 5.92. The zero-order valence-electron chi connectivity index (χ0n) is 28.8. The average Bonchev–Trinajstić information content (AvgIpc) is 4.04. The van der Waals surface area contributed by atoms with Gasteiger partial charge < -0.3 is 31.2 Å². The van der Waals surface area contributed by atoms with Crippen molar-refractivity contribution >= 4 is 56.6 Å². The van der Waals surface area contributed by atoms with Gasteiger partial charge in [-0.2, -0.15) is 10.5 Å². The van der Waals surface area contributed by atoms with E-state index in [1.807, 2.05) is 49.2 Å². The molecule has 2 aliphatic carbocycles. The summed E-state index contributed by atoms with van der Waals surface area (Å²) in [5.41, 5.74) is 15.3. The lowest BCUT2D eigenvalue weighted by Crippen LogP contribution is -2.15. The van der Waals surface area contributed by atoms with Crippen LogP contribution in [0.3, 0.4) is 0 Å². The van der Waals surface area contributed by atoms with Crippen LogP contribution in [0.4, 0.5) is 23.3 Å². The van der Waals surface area contributed by atoms with Crippen molar-refractivity contribution in [2.75, 3.05) is 22.1 Å². The van der Waals surface area contributed by atoms with Crippen molar-refractivity contribution in [1.82, 2.24) is 39.0 Å². The third-order valence-electron chi connectivity index (χ3n) is 9.54. The normalized spacial score (nSPS) is 18.5. The number of hydrogen-bond acceptors (Lipinski definition) is 12. The van der Waals surface area contributed by atoms with E-state index in [-0.39, 0.29) is 35.5 Å². The maximum absolute atomic E-state index is 12.1. The van der Waals surface area contributed by atoms with Crippen LogP contribution in [0.15, 0.2) is 49.1 Å². The molecule has 0 unspecified atom stereocenters. The van der Waals surface area contributed by atoms with Gasteiger partial charge in [0.25, 0.3) is 0 Å². The number of nitrogens with zero attached hydrogens (tertiary/aromatic N) is 10. The van der Waals surface area contributed by atoms with Gasteiger partial charge in [0.1, 0.15) is 34.9 Å². The van der Waals surface area contributed by atoms with Crippen molar-refractivity contribution in [3.8, 4) is 34.9 Å². The molecule has 16 heteroatoms. The lowest BCUT2D eigenvalue weighted by Gasteiger charge is -2.09. The van der Waals surface area contributed by atoms with Crippen molar-refractivity contribution in [2.45, 2.75) is 26.7 Å². The minimum atomic E-state index is -0.243. The molecule has 0 spiro atoms. The van der Waals surface area contributed by atoms with Crippen molar-refractivity contribution in [3.05, 3.63) is 60.7 Å². The number of amides is 2. The molecule has 8 rings (SSSR count). The topological polar surface area (TPSA) is 245 Å². The smallest absolute Gasteiger partial charge is 0.230 e. The number of imidazole rings is 2. The number of anilines is 4. The summed E-state index contributed by atoms with van der Waals surface area (Å²) in [6.07, 6.45) is 7.91. The fourth-order valence-corrected chi connectivity index (χ4v) is 5.92. The minimum absolute atomic E-state index is 0.173. The molecule has 2 amide bonds. The molecule has 2 fully saturated rings. The molecule has 0 saturated heterocycles. The number of nitrogens with two attached hydrogens (primary N) is 2. The van der Waals surface area contributed by atoms with E-state index in [2.05, 4.69) is 52.7 Å². The second kappa shape index (κ2) is 13.1. The number of carbonyl (C=O) groups is 2. The number of nitrogen functional groups attached to an aromatic ring is 2. The Balaban J connectivity index is 0.000000162. The van der Waals surface area contributed by atoms with Crippen LogP contribution in [0.1, 0.15) is 24.5 Å². The number of rotatable bonds is 6. The molecule has 6 aromatic heterocycles. The Bertz CT molecular complexity index is 2330. The van der Waals surface area contributed by atoms with Crippen LogP contribution in [-0.2, 0) is 23.7 Å². The zero-order chi connectivity index (χ0) is 36.8. The Morgan fingerprint density at radius 1 is 0.692 bits per heavy atom. The monoisotopic (exact) mass is 694 g/mol. The van der Waals surface area contributed by atoms with E-state index < -0.39 is 0 Å². The predicted molar refractivity (Wildman–Crippen MR) is 193 cm³/mol. The van der Waals surface area contributed by atoms with Crippen LogP contribution in [0.5, 0.6) is 0 Å². The first-order valence-corrected chi connectivity index (χ1v) is 16.5. The first-order valence-electron chi connectivity index (χ1n) is 16.5. The molecule has 16 nitrogen and oxygen atoms in total. The Morgan fingerprint density at radius 2 is 1.10 bits per heavy atom. The van der Waals surface area contributed by atoms with Crippen molar-refractivity contribution < 1.29 is 9.59 Å². The number of pyridine rings is 4. The van der Waals surface area contributed by atoms with Gasteiger partial charge in [0, 0.05) is 37.3 Å². The summed E-state index contributed by atoms with van der Waals surface area (Å²) < 4.78 is 3.87. The number of aryl methyl sites for hydroxylation is 2. The summed E-state index contributed by atoms with van der Waals surface area (Å²) in [6, 6.07) is 11.5. The van der Waals surface area contributed by atoms with Gasteiger partial charge in [-0.3, -0.25) is 9.59 Å². The first kappa shape index (κ1) is 33.6. The van der Waals surface area contributed by atoms with Gasteiger partial charge in [0.2, 0.25) is 11.8 Å². The van der Waals surface area contributed by atoms with Crippen LogP contribution in [0, 0.1) is 60.2 Å². The summed E-state index contributed by atoms with van der Waals surface area (Å²) in [5, 5.41) is 26.3. The van der Waals surface area contributed by atoms with Crippen molar-refractivity contribution in [1.29, 1.82) is 10.5 Å². The number of aromatic nitrogens is 8. The zero-order valence-corrected chi connectivity index (χ0v) is 28.8. The Hall–Kier alpha value is -6.94. The molecule has 0 bridgehead atoms. The summed E-state index contributed by atoms with van der Waals surface area (Å²) in [7, 11) is 3.83. The lowest BCUT2D eigenvalue weighted by atomic mass is 10.1. The first-order chi connectivity index (χ1) is 24.9. The second-order valence-electron chi connectivity index (χ2n) is 13.0. The summed E-state index contributed by atoms with van der Waals surface area (Å²) >= 11 is 0. The quantitative estimate of drug-likeness (QED) is 0.193. The molecule has 0 aromatic carbocycles. The van der Waals surface area contributed by atoms with E-state index in [0.29, 0.717) is 58.3 Å². The fraction of sp³-hybridized carbons (Fsp3) is 0.278. The number of fused-ring (bicyclic) bond motifs is 2. The molecule has 0 aliphatic heterocycles. The third kappa shape index (κ3) is 6.40. The SMILES string of the molecule is Cc1ncc(-c2cc3cc(NC(=O)[C@@H]4C[C@H]4C#N)ncc3c(N)n2)n1C.Cc1ncc(-c2cc3cc(NC(=O)[C@H]4C[C@@H]4C#N)ncc3c(N)n2)n1C. The summed E-state index contributed by atoms with van der Waals surface area (Å²) in [4.78, 5) is 50.2. The van der Waals surface area contributed by atoms with Crippen molar-refractivity contribution in [2.24, 2.45) is 37.8 Å². The second-order valence-corrected chi connectivity index (χ2v) is 13.0. The molecule has 4 atom stereocenters. The average molecular weight is 695 g/mol. The van der Waals surface area contributed by atoms with E-state index >= 15 is 0 Å². The van der Waals surface area contributed by atoms with Gasteiger partial charge in [0.15, 0.2) is 0 Å². The highest BCUT2D eigenvalue weighted by Gasteiger charge is 2.44. The van der Waals surface area contributed by atoms with E-state index in [1.54, 1.807) is 36.9 Å². The molecule has 260 valence electrons. The predicted octanol–water partition coefficient (Wildman–Crippen LogP) is 4.04. The van der Waals surface area contributed by atoms with Crippen LogP contribution >= 0.6 is 0 Å².